The maximum atomic E-state index is 12.2. The Balaban J connectivity index is 2.36. The normalized spacial score (nSPS) is 20.1. The molecule has 1 aliphatic heterocycles. The van der Waals surface area contributed by atoms with Crippen molar-refractivity contribution in [2.75, 3.05) is 19.8 Å². The van der Waals surface area contributed by atoms with Crippen LogP contribution in [0.2, 0.25) is 0 Å². The fourth-order valence-electron chi connectivity index (χ4n) is 2.75. The van der Waals surface area contributed by atoms with Gasteiger partial charge in [0.25, 0.3) is 5.56 Å². The molecule has 0 amide bonds. The Morgan fingerprint density at radius 3 is 2.46 bits per heavy atom. The molecule has 2 heterocycles. The van der Waals surface area contributed by atoms with Gasteiger partial charge in [-0.2, -0.15) is 0 Å². The van der Waals surface area contributed by atoms with Gasteiger partial charge in [-0.25, -0.2) is 4.79 Å². The summed E-state index contributed by atoms with van der Waals surface area (Å²) in [5, 5.41) is 0. The largest absolute Gasteiger partial charge is 0.465 e. The first-order valence-corrected chi connectivity index (χ1v) is 7.75. The first-order valence-electron chi connectivity index (χ1n) is 7.75. The molecule has 1 saturated heterocycles. The van der Waals surface area contributed by atoms with E-state index < -0.39 is 41.3 Å². The number of hydrogen-bond donors (Lipinski definition) is 1. The van der Waals surface area contributed by atoms with Gasteiger partial charge in [-0.3, -0.25) is 23.9 Å². The van der Waals surface area contributed by atoms with Gasteiger partial charge in [0.1, 0.15) is 6.23 Å². The highest BCUT2D eigenvalue weighted by molar-refractivity contribution is 5.95. The SMILES string of the molecule is CCOC(=O)C(C(=O)OCC)[C@H]1CCO[C@H]1n1ccc(=O)[nH]c1=O. The van der Waals surface area contributed by atoms with E-state index in [4.69, 9.17) is 14.2 Å². The van der Waals surface area contributed by atoms with Crippen LogP contribution in [0.4, 0.5) is 0 Å². The second-order valence-corrected chi connectivity index (χ2v) is 5.21. The maximum absolute atomic E-state index is 12.2. The molecule has 1 N–H and O–H groups in total. The zero-order valence-electron chi connectivity index (χ0n) is 13.5. The topological polar surface area (TPSA) is 117 Å². The Morgan fingerprint density at radius 2 is 1.92 bits per heavy atom. The minimum atomic E-state index is -1.20. The van der Waals surface area contributed by atoms with E-state index in [1.807, 2.05) is 0 Å². The number of rotatable bonds is 6. The summed E-state index contributed by atoms with van der Waals surface area (Å²) in [6.45, 7) is 3.76. The van der Waals surface area contributed by atoms with Crippen LogP contribution in [0.25, 0.3) is 0 Å². The van der Waals surface area contributed by atoms with E-state index in [1.54, 1.807) is 13.8 Å². The second kappa shape index (κ2) is 7.91. The van der Waals surface area contributed by atoms with Crippen molar-refractivity contribution in [2.45, 2.75) is 26.5 Å². The van der Waals surface area contributed by atoms with Crippen LogP contribution in [-0.2, 0) is 23.8 Å². The number of aromatic nitrogens is 2. The van der Waals surface area contributed by atoms with Crippen LogP contribution in [0.3, 0.4) is 0 Å². The van der Waals surface area contributed by atoms with Gasteiger partial charge in [-0.1, -0.05) is 0 Å². The fourth-order valence-corrected chi connectivity index (χ4v) is 2.75. The van der Waals surface area contributed by atoms with Crippen LogP contribution in [-0.4, -0.2) is 41.3 Å². The first kappa shape index (κ1) is 17.9. The van der Waals surface area contributed by atoms with E-state index >= 15 is 0 Å². The van der Waals surface area contributed by atoms with Crippen molar-refractivity contribution in [3.8, 4) is 0 Å². The molecule has 2 rings (SSSR count). The van der Waals surface area contributed by atoms with Crippen molar-refractivity contribution in [3.05, 3.63) is 33.1 Å². The third kappa shape index (κ3) is 3.73. The van der Waals surface area contributed by atoms with Gasteiger partial charge in [0, 0.05) is 24.8 Å². The average molecular weight is 340 g/mol. The Labute approximate surface area is 137 Å². The lowest BCUT2D eigenvalue weighted by molar-refractivity contribution is -0.166. The van der Waals surface area contributed by atoms with E-state index in [9.17, 15) is 19.2 Å². The summed E-state index contributed by atoms with van der Waals surface area (Å²) in [6, 6.07) is 1.17. The van der Waals surface area contributed by atoms with E-state index in [0.29, 0.717) is 6.42 Å². The van der Waals surface area contributed by atoms with Crippen LogP contribution in [0.5, 0.6) is 0 Å². The van der Waals surface area contributed by atoms with Crippen LogP contribution >= 0.6 is 0 Å². The number of hydrogen-bond acceptors (Lipinski definition) is 7. The van der Waals surface area contributed by atoms with Gasteiger partial charge in [-0.05, 0) is 20.3 Å². The number of esters is 2. The molecule has 0 aromatic carbocycles. The van der Waals surface area contributed by atoms with Gasteiger partial charge < -0.3 is 14.2 Å². The summed E-state index contributed by atoms with van der Waals surface area (Å²) < 4.78 is 16.6. The molecule has 132 valence electrons. The molecular formula is C15H20N2O7. The molecule has 24 heavy (non-hydrogen) atoms. The minimum Gasteiger partial charge on any atom is -0.465 e. The minimum absolute atomic E-state index is 0.117. The quantitative estimate of drug-likeness (QED) is 0.563. The monoisotopic (exact) mass is 340 g/mol. The number of nitrogens with one attached hydrogen (secondary N) is 1. The summed E-state index contributed by atoms with van der Waals surface area (Å²) in [6.07, 6.45) is 0.781. The number of nitrogens with zero attached hydrogens (tertiary/aromatic N) is 1. The molecule has 0 bridgehead atoms. The van der Waals surface area contributed by atoms with Crippen molar-refractivity contribution >= 4 is 11.9 Å². The van der Waals surface area contributed by atoms with Crippen molar-refractivity contribution in [3.63, 3.8) is 0 Å². The van der Waals surface area contributed by atoms with Gasteiger partial charge in [-0.15, -0.1) is 0 Å². The molecule has 0 unspecified atom stereocenters. The van der Waals surface area contributed by atoms with Crippen LogP contribution < -0.4 is 11.2 Å². The van der Waals surface area contributed by atoms with E-state index in [2.05, 4.69) is 4.98 Å². The van der Waals surface area contributed by atoms with Crippen molar-refractivity contribution in [1.29, 1.82) is 0 Å². The summed E-state index contributed by atoms with van der Waals surface area (Å²) in [4.78, 5) is 49.8. The molecule has 0 spiro atoms. The number of ether oxygens (including phenoxy) is 3. The second-order valence-electron chi connectivity index (χ2n) is 5.21. The Bertz CT molecular complexity index is 690. The van der Waals surface area contributed by atoms with Gasteiger partial charge in [0.2, 0.25) is 0 Å². The number of aromatic amines is 1. The number of carbonyl (C=O) groups is 2. The molecular weight excluding hydrogens is 320 g/mol. The molecule has 1 aromatic rings. The van der Waals surface area contributed by atoms with E-state index in [0.717, 1.165) is 4.57 Å². The highest BCUT2D eigenvalue weighted by atomic mass is 16.6. The molecule has 9 heteroatoms. The highest BCUT2D eigenvalue weighted by Crippen LogP contribution is 2.36. The molecule has 9 nitrogen and oxygen atoms in total. The van der Waals surface area contributed by atoms with Crippen molar-refractivity contribution in [2.24, 2.45) is 11.8 Å². The van der Waals surface area contributed by atoms with E-state index in [1.165, 1.54) is 12.3 Å². The zero-order valence-corrected chi connectivity index (χ0v) is 13.5. The molecule has 1 aromatic heterocycles. The Morgan fingerprint density at radius 1 is 1.29 bits per heavy atom. The molecule has 2 atom stereocenters. The zero-order chi connectivity index (χ0) is 17.7. The maximum Gasteiger partial charge on any atom is 0.330 e. The van der Waals surface area contributed by atoms with Gasteiger partial charge >= 0.3 is 17.6 Å². The Kier molecular flexibility index (Phi) is 5.91. The predicted octanol–water partition coefficient (Wildman–Crippen LogP) is -0.186. The number of carbonyl (C=O) groups excluding carboxylic acids is 2. The van der Waals surface area contributed by atoms with Crippen molar-refractivity contribution in [1.82, 2.24) is 9.55 Å². The Hall–Kier alpha value is -2.42. The molecule has 0 saturated carbocycles. The first-order chi connectivity index (χ1) is 11.5. The van der Waals surface area contributed by atoms with Crippen molar-refractivity contribution < 1.29 is 23.8 Å². The van der Waals surface area contributed by atoms with Gasteiger partial charge in [0.15, 0.2) is 5.92 Å². The lowest BCUT2D eigenvalue weighted by Gasteiger charge is -2.25. The standard InChI is InChI=1S/C15H20N2O7/c1-3-22-13(19)11(14(20)23-4-2)9-6-8-24-12(9)17-7-5-10(18)16-15(17)21/h5,7,9,11-12H,3-4,6,8H2,1-2H3,(H,16,18,21)/t9-,12-/m1/s1. The summed E-state index contributed by atoms with van der Waals surface area (Å²) in [5.74, 6) is -3.26. The number of H-pyrrole nitrogens is 1. The smallest absolute Gasteiger partial charge is 0.330 e. The third-order valence-electron chi connectivity index (χ3n) is 3.74. The fraction of sp³-hybridized carbons (Fsp3) is 0.600. The predicted molar refractivity (Wildman–Crippen MR) is 81.2 cm³/mol. The summed E-state index contributed by atoms with van der Waals surface area (Å²) >= 11 is 0. The molecule has 0 radical (unpaired) electrons. The molecule has 1 fully saturated rings. The van der Waals surface area contributed by atoms with E-state index in [-0.39, 0.29) is 19.8 Å². The van der Waals surface area contributed by atoms with Gasteiger partial charge in [0.05, 0.1) is 13.2 Å². The van der Waals surface area contributed by atoms with Crippen LogP contribution in [0.1, 0.15) is 26.5 Å². The summed E-state index contributed by atoms with van der Waals surface area (Å²) in [7, 11) is 0. The molecule has 1 aliphatic rings. The summed E-state index contributed by atoms with van der Waals surface area (Å²) in [5.41, 5.74) is -1.22. The lowest BCUT2D eigenvalue weighted by Crippen LogP contribution is -2.40. The molecule has 0 aliphatic carbocycles. The van der Waals surface area contributed by atoms with Crippen LogP contribution in [0, 0.1) is 11.8 Å². The average Bonchev–Trinajstić information content (AvgIpc) is 2.97. The third-order valence-corrected chi connectivity index (χ3v) is 3.74. The highest BCUT2D eigenvalue weighted by Gasteiger charge is 2.45. The lowest BCUT2D eigenvalue weighted by atomic mass is 9.89. The van der Waals surface area contributed by atoms with Crippen LogP contribution in [0.15, 0.2) is 21.9 Å².